The first kappa shape index (κ1) is 8.74. The standard InChI is InChI=1S/C6H6BrClN2O/c1-10-5(8)3-9-6(10)4(11)2-7/h3H,2H2,1H3. The van der Waals surface area contributed by atoms with Crippen LogP contribution in [0.3, 0.4) is 0 Å². The Morgan fingerprint density at radius 1 is 1.91 bits per heavy atom. The summed E-state index contributed by atoms with van der Waals surface area (Å²) < 4.78 is 1.55. The highest BCUT2D eigenvalue weighted by Gasteiger charge is 2.11. The van der Waals surface area contributed by atoms with Crippen LogP contribution in [0, 0.1) is 0 Å². The van der Waals surface area contributed by atoms with Crippen molar-refractivity contribution in [2.45, 2.75) is 0 Å². The minimum absolute atomic E-state index is 0.0700. The summed E-state index contributed by atoms with van der Waals surface area (Å²) in [6.45, 7) is 0. The normalized spacial score (nSPS) is 10.1. The second-order valence-corrected chi connectivity index (χ2v) is 2.97. The van der Waals surface area contributed by atoms with Crippen molar-refractivity contribution in [2.75, 3.05) is 5.33 Å². The molecule has 0 aliphatic carbocycles. The van der Waals surface area contributed by atoms with Gasteiger partial charge in [0.25, 0.3) is 0 Å². The number of nitrogens with zero attached hydrogens (tertiary/aromatic N) is 2. The minimum atomic E-state index is -0.0700. The zero-order valence-electron chi connectivity index (χ0n) is 5.84. The first-order valence-electron chi connectivity index (χ1n) is 2.93. The van der Waals surface area contributed by atoms with Gasteiger partial charge in [-0.3, -0.25) is 4.79 Å². The molecule has 0 aliphatic heterocycles. The SMILES string of the molecule is Cn1c(Cl)cnc1C(=O)CBr. The van der Waals surface area contributed by atoms with E-state index in [2.05, 4.69) is 20.9 Å². The van der Waals surface area contributed by atoms with E-state index in [0.717, 1.165) is 0 Å². The highest BCUT2D eigenvalue weighted by Crippen LogP contribution is 2.09. The number of hydrogen-bond donors (Lipinski definition) is 0. The molecule has 0 amide bonds. The van der Waals surface area contributed by atoms with Crippen LogP contribution in [0.25, 0.3) is 0 Å². The molecule has 3 nitrogen and oxygen atoms in total. The molecular formula is C6H6BrClN2O. The highest BCUT2D eigenvalue weighted by molar-refractivity contribution is 9.09. The Hall–Kier alpha value is -0.350. The van der Waals surface area contributed by atoms with Crippen LogP contribution in [0.15, 0.2) is 6.20 Å². The average molecular weight is 237 g/mol. The molecule has 0 saturated carbocycles. The van der Waals surface area contributed by atoms with E-state index in [0.29, 0.717) is 11.0 Å². The summed E-state index contributed by atoms with van der Waals surface area (Å²) in [6.07, 6.45) is 1.46. The number of carbonyl (C=O) groups excluding carboxylic acids is 1. The largest absolute Gasteiger partial charge is 0.316 e. The fourth-order valence-corrected chi connectivity index (χ4v) is 1.09. The van der Waals surface area contributed by atoms with Crippen molar-refractivity contribution in [1.82, 2.24) is 9.55 Å². The summed E-state index contributed by atoms with van der Waals surface area (Å²) >= 11 is 8.71. The summed E-state index contributed by atoms with van der Waals surface area (Å²) in [7, 11) is 1.70. The number of carbonyl (C=O) groups is 1. The Morgan fingerprint density at radius 2 is 2.55 bits per heavy atom. The van der Waals surface area contributed by atoms with Gasteiger partial charge in [-0.15, -0.1) is 0 Å². The monoisotopic (exact) mass is 236 g/mol. The molecule has 0 spiro atoms. The maximum absolute atomic E-state index is 11.1. The smallest absolute Gasteiger partial charge is 0.208 e. The molecule has 0 bridgehead atoms. The molecule has 0 aliphatic rings. The molecule has 0 aromatic carbocycles. The summed E-state index contributed by atoms with van der Waals surface area (Å²) in [4.78, 5) is 14.9. The zero-order valence-corrected chi connectivity index (χ0v) is 8.18. The maximum atomic E-state index is 11.1. The molecule has 0 N–H and O–H groups in total. The van der Waals surface area contributed by atoms with Crippen LogP contribution in [-0.2, 0) is 7.05 Å². The second kappa shape index (κ2) is 3.36. The Morgan fingerprint density at radius 3 is 2.91 bits per heavy atom. The van der Waals surface area contributed by atoms with E-state index in [1.807, 2.05) is 0 Å². The third-order valence-corrected chi connectivity index (χ3v) is 2.16. The fraction of sp³-hybridized carbons (Fsp3) is 0.333. The van der Waals surface area contributed by atoms with Crippen molar-refractivity contribution in [3.8, 4) is 0 Å². The van der Waals surface area contributed by atoms with Gasteiger partial charge in [-0.1, -0.05) is 27.5 Å². The zero-order chi connectivity index (χ0) is 8.43. The Kier molecular flexibility index (Phi) is 2.67. The molecule has 5 heteroatoms. The van der Waals surface area contributed by atoms with E-state index in [1.165, 1.54) is 6.20 Å². The van der Waals surface area contributed by atoms with E-state index >= 15 is 0 Å². The summed E-state index contributed by atoms with van der Waals surface area (Å²) in [5.74, 6) is 0.311. The summed E-state index contributed by atoms with van der Waals surface area (Å²) in [5.41, 5.74) is 0. The van der Waals surface area contributed by atoms with Gasteiger partial charge in [0.15, 0.2) is 5.82 Å². The number of imidazole rings is 1. The molecule has 0 radical (unpaired) electrons. The van der Waals surface area contributed by atoms with Crippen LogP contribution in [0.5, 0.6) is 0 Å². The van der Waals surface area contributed by atoms with Gasteiger partial charge in [-0.2, -0.15) is 0 Å². The molecule has 1 aromatic heterocycles. The number of alkyl halides is 1. The minimum Gasteiger partial charge on any atom is -0.316 e. The van der Waals surface area contributed by atoms with Gasteiger partial charge in [0.05, 0.1) is 11.5 Å². The number of rotatable bonds is 2. The number of aromatic nitrogens is 2. The van der Waals surface area contributed by atoms with Crippen LogP contribution in [0.2, 0.25) is 5.15 Å². The first-order chi connectivity index (χ1) is 5.16. The van der Waals surface area contributed by atoms with Crippen molar-refractivity contribution in [3.63, 3.8) is 0 Å². The molecule has 0 unspecified atom stereocenters. The molecular weight excluding hydrogens is 231 g/mol. The van der Waals surface area contributed by atoms with Crippen molar-refractivity contribution in [3.05, 3.63) is 17.2 Å². The van der Waals surface area contributed by atoms with Crippen molar-refractivity contribution < 1.29 is 4.79 Å². The van der Waals surface area contributed by atoms with Crippen LogP contribution >= 0.6 is 27.5 Å². The van der Waals surface area contributed by atoms with E-state index in [4.69, 9.17) is 11.6 Å². The van der Waals surface area contributed by atoms with Gasteiger partial charge < -0.3 is 4.57 Å². The number of halogens is 2. The Balaban J connectivity index is 3.04. The van der Waals surface area contributed by atoms with Gasteiger partial charge in [-0.25, -0.2) is 4.98 Å². The predicted octanol–water partition coefficient (Wildman–Crippen LogP) is 1.65. The lowest BCUT2D eigenvalue weighted by Crippen LogP contribution is -2.08. The van der Waals surface area contributed by atoms with Crippen LogP contribution < -0.4 is 0 Å². The molecule has 1 aromatic rings. The molecule has 0 fully saturated rings. The molecule has 0 atom stereocenters. The third kappa shape index (κ3) is 1.62. The van der Waals surface area contributed by atoms with Crippen LogP contribution in [0.4, 0.5) is 0 Å². The van der Waals surface area contributed by atoms with E-state index in [1.54, 1.807) is 11.6 Å². The lowest BCUT2D eigenvalue weighted by Gasteiger charge is -1.97. The number of ketones is 1. The average Bonchev–Trinajstić information content (AvgIpc) is 2.32. The van der Waals surface area contributed by atoms with Gasteiger partial charge in [0.2, 0.25) is 5.78 Å². The second-order valence-electron chi connectivity index (χ2n) is 2.02. The lowest BCUT2D eigenvalue weighted by atomic mass is 10.4. The highest BCUT2D eigenvalue weighted by atomic mass is 79.9. The van der Waals surface area contributed by atoms with Gasteiger partial charge >= 0.3 is 0 Å². The van der Waals surface area contributed by atoms with E-state index < -0.39 is 0 Å². The first-order valence-corrected chi connectivity index (χ1v) is 4.43. The van der Waals surface area contributed by atoms with Crippen LogP contribution in [-0.4, -0.2) is 20.7 Å². The van der Waals surface area contributed by atoms with E-state index in [9.17, 15) is 4.79 Å². The molecule has 0 saturated heterocycles. The summed E-state index contributed by atoms with van der Waals surface area (Å²) in [5, 5.41) is 0.739. The van der Waals surface area contributed by atoms with Crippen molar-refractivity contribution >= 4 is 33.3 Å². The van der Waals surface area contributed by atoms with Crippen molar-refractivity contribution in [2.24, 2.45) is 7.05 Å². The fourth-order valence-electron chi connectivity index (χ4n) is 0.708. The predicted molar refractivity (Wildman–Crippen MR) is 46.3 cm³/mol. The van der Waals surface area contributed by atoms with E-state index in [-0.39, 0.29) is 11.1 Å². The Bertz CT molecular complexity index is 284. The number of Topliss-reactive ketones (excluding diaryl/α,β-unsaturated/α-hetero) is 1. The van der Waals surface area contributed by atoms with Gasteiger partial charge in [0.1, 0.15) is 5.15 Å². The van der Waals surface area contributed by atoms with Gasteiger partial charge in [-0.05, 0) is 0 Å². The quantitative estimate of drug-likeness (QED) is 0.579. The van der Waals surface area contributed by atoms with Gasteiger partial charge in [0, 0.05) is 7.05 Å². The Labute approximate surface area is 77.5 Å². The molecule has 1 heterocycles. The maximum Gasteiger partial charge on any atom is 0.208 e. The van der Waals surface area contributed by atoms with Crippen molar-refractivity contribution in [1.29, 1.82) is 0 Å². The van der Waals surface area contributed by atoms with Crippen LogP contribution in [0.1, 0.15) is 10.6 Å². The number of hydrogen-bond acceptors (Lipinski definition) is 2. The topological polar surface area (TPSA) is 34.9 Å². The summed E-state index contributed by atoms with van der Waals surface area (Å²) in [6, 6.07) is 0. The lowest BCUT2D eigenvalue weighted by molar-refractivity contribution is 0.101. The molecule has 1 rings (SSSR count). The molecule has 11 heavy (non-hydrogen) atoms. The third-order valence-electron chi connectivity index (χ3n) is 1.30. The molecule has 60 valence electrons.